The molecule has 1 rings (SSSR count). The molecule has 0 aromatic heterocycles. The fraction of sp³-hybridized carbons (Fsp3) is 0.400. The lowest BCUT2D eigenvalue weighted by atomic mass is 10.0. The zero-order chi connectivity index (χ0) is 10.7. The third-order valence-corrected chi connectivity index (χ3v) is 3.03. The van der Waals surface area contributed by atoms with Crippen molar-refractivity contribution in [2.24, 2.45) is 5.73 Å². The monoisotopic (exact) mass is 259 g/mol. The van der Waals surface area contributed by atoms with Crippen LogP contribution in [0.15, 0.2) is 10.5 Å². The van der Waals surface area contributed by atoms with Crippen LogP contribution in [0.2, 0.25) is 0 Å². The van der Waals surface area contributed by atoms with Crippen LogP contribution in [0.25, 0.3) is 0 Å². The Labute approximate surface area is 92.0 Å². The summed E-state index contributed by atoms with van der Waals surface area (Å²) in [6.45, 7) is 2.45. The number of benzene rings is 1. The molecule has 4 heteroatoms. The highest BCUT2D eigenvalue weighted by Gasteiger charge is 2.13. The van der Waals surface area contributed by atoms with Crippen molar-refractivity contribution < 1.29 is 9.84 Å². The van der Waals surface area contributed by atoms with E-state index in [4.69, 9.17) is 10.5 Å². The van der Waals surface area contributed by atoms with E-state index < -0.39 is 0 Å². The summed E-state index contributed by atoms with van der Waals surface area (Å²) >= 11 is 3.41. The van der Waals surface area contributed by atoms with Crippen molar-refractivity contribution in [3.8, 4) is 11.5 Å². The number of hydrogen-bond acceptors (Lipinski definition) is 3. The van der Waals surface area contributed by atoms with Crippen LogP contribution in [0.5, 0.6) is 11.5 Å². The van der Waals surface area contributed by atoms with Gasteiger partial charge < -0.3 is 15.6 Å². The van der Waals surface area contributed by atoms with E-state index in [0.717, 1.165) is 15.6 Å². The molecule has 3 nitrogen and oxygen atoms in total. The summed E-state index contributed by atoms with van der Waals surface area (Å²) in [4.78, 5) is 0. The molecule has 0 spiro atoms. The highest BCUT2D eigenvalue weighted by Crippen LogP contribution is 2.36. The van der Waals surface area contributed by atoms with E-state index in [1.807, 2.05) is 6.92 Å². The van der Waals surface area contributed by atoms with Gasteiger partial charge in [-0.2, -0.15) is 0 Å². The largest absolute Gasteiger partial charge is 0.504 e. The molecule has 1 aromatic carbocycles. The Kier molecular flexibility index (Phi) is 3.77. The summed E-state index contributed by atoms with van der Waals surface area (Å²) in [5, 5.41) is 9.82. The van der Waals surface area contributed by atoms with Crippen LogP contribution < -0.4 is 10.5 Å². The maximum Gasteiger partial charge on any atom is 0.161 e. The lowest BCUT2D eigenvalue weighted by molar-refractivity contribution is 0.370. The van der Waals surface area contributed by atoms with E-state index in [1.54, 1.807) is 6.07 Å². The second-order valence-electron chi connectivity index (χ2n) is 3.05. The van der Waals surface area contributed by atoms with Gasteiger partial charge in [-0.15, -0.1) is 0 Å². The second-order valence-corrected chi connectivity index (χ2v) is 3.91. The average molecular weight is 260 g/mol. The van der Waals surface area contributed by atoms with E-state index in [0.29, 0.717) is 18.7 Å². The Morgan fingerprint density at radius 2 is 2.21 bits per heavy atom. The molecule has 0 saturated carbocycles. The first-order valence-corrected chi connectivity index (χ1v) is 5.16. The maximum absolute atomic E-state index is 9.82. The van der Waals surface area contributed by atoms with Gasteiger partial charge in [-0.25, -0.2) is 0 Å². The molecular weight excluding hydrogens is 246 g/mol. The van der Waals surface area contributed by atoms with Crippen molar-refractivity contribution in [3.05, 3.63) is 21.7 Å². The van der Waals surface area contributed by atoms with Gasteiger partial charge in [0.25, 0.3) is 0 Å². The molecule has 0 unspecified atom stereocenters. The van der Waals surface area contributed by atoms with Crippen molar-refractivity contribution in [1.82, 2.24) is 0 Å². The van der Waals surface area contributed by atoms with Gasteiger partial charge in [0.2, 0.25) is 0 Å². The predicted octanol–water partition coefficient (Wildman–Crippen LogP) is 1.97. The summed E-state index contributed by atoms with van der Waals surface area (Å²) in [5.74, 6) is 0.671. The van der Waals surface area contributed by atoms with Crippen molar-refractivity contribution in [2.75, 3.05) is 13.7 Å². The number of hydrogen-bond donors (Lipinski definition) is 2. The van der Waals surface area contributed by atoms with Crippen LogP contribution >= 0.6 is 15.9 Å². The number of aromatic hydroxyl groups is 1. The molecule has 0 amide bonds. The van der Waals surface area contributed by atoms with Crippen LogP contribution in [-0.2, 0) is 6.42 Å². The van der Waals surface area contributed by atoms with E-state index >= 15 is 0 Å². The SMILES string of the molecule is COc1cc(Br)c(C)c(CCN)c1O. The van der Waals surface area contributed by atoms with Crippen molar-refractivity contribution in [2.45, 2.75) is 13.3 Å². The minimum Gasteiger partial charge on any atom is -0.504 e. The molecule has 0 aliphatic rings. The molecule has 0 radical (unpaired) electrons. The standard InChI is InChI=1S/C10H14BrNO2/c1-6-7(3-4-12)10(13)9(14-2)5-8(6)11/h5,13H,3-4,12H2,1-2H3. The van der Waals surface area contributed by atoms with E-state index in [-0.39, 0.29) is 5.75 Å². The Morgan fingerprint density at radius 1 is 1.57 bits per heavy atom. The number of phenols is 1. The summed E-state index contributed by atoms with van der Waals surface area (Å²) in [5.41, 5.74) is 7.33. The lowest BCUT2D eigenvalue weighted by Gasteiger charge is -2.13. The number of methoxy groups -OCH3 is 1. The highest BCUT2D eigenvalue weighted by molar-refractivity contribution is 9.10. The third-order valence-electron chi connectivity index (χ3n) is 2.20. The number of phenolic OH excluding ortho intramolecular Hbond substituents is 1. The first-order chi connectivity index (χ1) is 6.61. The number of halogens is 1. The summed E-state index contributed by atoms with van der Waals surface area (Å²) < 4.78 is 5.97. The van der Waals surface area contributed by atoms with Gasteiger partial charge in [0, 0.05) is 10.0 Å². The molecule has 0 heterocycles. The van der Waals surface area contributed by atoms with Gasteiger partial charge in [0.1, 0.15) is 0 Å². The Morgan fingerprint density at radius 3 is 2.71 bits per heavy atom. The summed E-state index contributed by atoms with van der Waals surface area (Å²) in [7, 11) is 1.53. The van der Waals surface area contributed by atoms with Crippen molar-refractivity contribution >= 4 is 15.9 Å². The van der Waals surface area contributed by atoms with Crippen LogP contribution in [-0.4, -0.2) is 18.8 Å². The third kappa shape index (κ3) is 2.01. The number of nitrogens with two attached hydrogens (primary N) is 1. The molecule has 3 N–H and O–H groups in total. The second kappa shape index (κ2) is 4.66. The summed E-state index contributed by atoms with van der Waals surface area (Å²) in [6.07, 6.45) is 0.646. The van der Waals surface area contributed by atoms with Gasteiger partial charge in [-0.1, -0.05) is 15.9 Å². The number of ether oxygens (including phenoxy) is 1. The lowest BCUT2D eigenvalue weighted by Crippen LogP contribution is -2.05. The zero-order valence-electron chi connectivity index (χ0n) is 8.30. The maximum atomic E-state index is 9.82. The average Bonchev–Trinajstić information content (AvgIpc) is 2.18. The van der Waals surface area contributed by atoms with E-state index in [1.165, 1.54) is 7.11 Å². The van der Waals surface area contributed by atoms with Crippen LogP contribution in [0, 0.1) is 6.92 Å². The van der Waals surface area contributed by atoms with Gasteiger partial charge in [-0.3, -0.25) is 0 Å². The highest BCUT2D eigenvalue weighted by atomic mass is 79.9. The number of rotatable bonds is 3. The Bertz CT molecular complexity index is 339. The Balaban J connectivity index is 3.29. The quantitative estimate of drug-likeness (QED) is 0.873. The molecule has 78 valence electrons. The molecule has 0 aliphatic heterocycles. The van der Waals surface area contributed by atoms with Gasteiger partial charge in [0.15, 0.2) is 11.5 Å². The van der Waals surface area contributed by atoms with Gasteiger partial charge >= 0.3 is 0 Å². The molecule has 0 aliphatic carbocycles. The van der Waals surface area contributed by atoms with E-state index in [9.17, 15) is 5.11 Å². The van der Waals surface area contributed by atoms with Crippen molar-refractivity contribution in [1.29, 1.82) is 0 Å². The zero-order valence-corrected chi connectivity index (χ0v) is 9.89. The fourth-order valence-electron chi connectivity index (χ4n) is 1.37. The molecule has 0 bridgehead atoms. The summed E-state index contributed by atoms with van der Waals surface area (Å²) in [6, 6.07) is 1.75. The molecular formula is C10H14BrNO2. The van der Waals surface area contributed by atoms with Crippen LogP contribution in [0.1, 0.15) is 11.1 Å². The van der Waals surface area contributed by atoms with Gasteiger partial charge in [0.05, 0.1) is 7.11 Å². The Hall–Kier alpha value is -0.740. The minimum absolute atomic E-state index is 0.193. The molecule has 0 fully saturated rings. The fourth-order valence-corrected chi connectivity index (χ4v) is 1.82. The first kappa shape index (κ1) is 11.3. The predicted molar refractivity (Wildman–Crippen MR) is 59.9 cm³/mol. The molecule has 0 saturated heterocycles. The molecule has 0 atom stereocenters. The smallest absolute Gasteiger partial charge is 0.161 e. The molecule has 14 heavy (non-hydrogen) atoms. The van der Waals surface area contributed by atoms with Crippen LogP contribution in [0.4, 0.5) is 0 Å². The van der Waals surface area contributed by atoms with Crippen molar-refractivity contribution in [3.63, 3.8) is 0 Å². The first-order valence-electron chi connectivity index (χ1n) is 4.36. The molecule has 1 aromatic rings. The van der Waals surface area contributed by atoms with Gasteiger partial charge in [-0.05, 0) is 31.5 Å². The normalized spacial score (nSPS) is 10.3. The van der Waals surface area contributed by atoms with E-state index in [2.05, 4.69) is 15.9 Å². The topological polar surface area (TPSA) is 55.5 Å². The minimum atomic E-state index is 0.193. The van der Waals surface area contributed by atoms with Crippen LogP contribution in [0.3, 0.4) is 0 Å².